The molecule has 0 aromatic heterocycles. The third kappa shape index (κ3) is 2.60. The number of aliphatic hydroxyl groups is 1. The number of hydrogen-bond donors (Lipinski definition) is 1. The number of rotatable bonds is 1. The molecule has 1 heterocycles. The van der Waals surface area contributed by atoms with Gasteiger partial charge in [-0.2, -0.15) is 0 Å². The SMILES string of the molecule is CC(O)[N+]1(C)CCOCC1.[Cl-]. The van der Waals surface area contributed by atoms with Gasteiger partial charge in [-0.1, -0.05) is 0 Å². The van der Waals surface area contributed by atoms with Crippen LogP contribution in [0.25, 0.3) is 0 Å². The second-order valence-electron chi connectivity index (χ2n) is 3.17. The highest BCUT2D eigenvalue weighted by atomic mass is 35.5. The minimum Gasteiger partial charge on any atom is -1.00 e. The molecule has 0 saturated carbocycles. The monoisotopic (exact) mass is 181 g/mol. The summed E-state index contributed by atoms with van der Waals surface area (Å²) in [5, 5.41) is 9.35. The second kappa shape index (κ2) is 4.26. The molecule has 1 atom stereocenters. The Kier molecular flexibility index (Phi) is 4.32. The summed E-state index contributed by atoms with van der Waals surface area (Å²) >= 11 is 0. The molecule has 3 nitrogen and oxygen atoms in total. The molecular weight excluding hydrogens is 166 g/mol. The first-order chi connectivity index (χ1) is 4.65. The molecule has 1 rings (SSSR count). The fourth-order valence-corrected chi connectivity index (χ4v) is 1.13. The standard InChI is InChI=1S/C7H16NO2.ClH/c1-7(9)8(2)3-5-10-6-4-8;/h7,9H,3-6H2,1-2H3;1H/q+1;/p-1. The highest BCUT2D eigenvalue weighted by Gasteiger charge is 2.29. The lowest BCUT2D eigenvalue weighted by molar-refractivity contribution is -0.958. The van der Waals surface area contributed by atoms with E-state index in [1.807, 2.05) is 6.92 Å². The number of likely N-dealkylation sites (N-methyl/N-ethyl adjacent to an activating group) is 1. The number of morpholine rings is 1. The van der Waals surface area contributed by atoms with Crippen molar-refractivity contribution in [3.05, 3.63) is 0 Å². The van der Waals surface area contributed by atoms with Crippen molar-refractivity contribution in [1.82, 2.24) is 0 Å². The molecule has 1 N–H and O–H groups in total. The van der Waals surface area contributed by atoms with E-state index in [-0.39, 0.29) is 18.6 Å². The van der Waals surface area contributed by atoms with Crippen molar-refractivity contribution in [2.24, 2.45) is 0 Å². The molecule has 11 heavy (non-hydrogen) atoms. The summed E-state index contributed by atoms with van der Waals surface area (Å²) in [5.41, 5.74) is 0. The Morgan fingerprint density at radius 3 is 2.09 bits per heavy atom. The average Bonchev–Trinajstić information content (AvgIpc) is 1.89. The van der Waals surface area contributed by atoms with Gasteiger partial charge in [0.2, 0.25) is 0 Å². The van der Waals surface area contributed by atoms with Crippen LogP contribution in [0.4, 0.5) is 0 Å². The predicted octanol–water partition coefficient (Wildman–Crippen LogP) is -3.19. The number of ether oxygens (including phenoxy) is 1. The molecule has 1 aliphatic rings. The topological polar surface area (TPSA) is 29.5 Å². The van der Waals surface area contributed by atoms with Crippen molar-refractivity contribution in [2.75, 3.05) is 33.4 Å². The third-order valence-corrected chi connectivity index (χ3v) is 2.40. The lowest BCUT2D eigenvalue weighted by Crippen LogP contribution is -3.00. The highest BCUT2D eigenvalue weighted by molar-refractivity contribution is 4.46. The lowest BCUT2D eigenvalue weighted by Gasteiger charge is -2.39. The summed E-state index contributed by atoms with van der Waals surface area (Å²) in [4.78, 5) is 0. The Morgan fingerprint density at radius 1 is 1.36 bits per heavy atom. The number of quaternary nitrogens is 1. The van der Waals surface area contributed by atoms with Crippen molar-refractivity contribution in [3.8, 4) is 0 Å². The Balaban J connectivity index is 0.000001000. The third-order valence-electron chi connectivity index (χ3n) is 2.40. The van der Waals surface area contributed by atoms with Gasteiger partial charge >= 0.3 is 0 Å². The molecule has 0 amide bonds. The fraction of sp³-hybridized carbons (Fsp3) is 1.00. The van der Waals surface area contributed by atoms with Crippen LogP contribution in [0.3, 0.4) is 0 Å². The average molecular weight is 182 g/mol. The van der Waals surface area contributed by atoms with E-state index in [9.17, 15) is 5.11 Å². The van der Waals surface area contributed by atoms with Gasteiger partial charge < -0.3 is 22.3 Å². The van der Waals surface area contributed by atoms with Gasteiger partial charge in [-0.3, -0.25) is 4.48 Å². The number of halogens is 1. The molecule has 1 unspecified atom stereocenters. The smallest absolute Gasteiger partial charge is 0.187 e. The first kappa shape index (κ1) is 11.2. The van der Waals surface area contributed by atoms with E-state index in [1.54, 1.807) is 0 Å². The predicted molar refractivity (Wildman–Crippen MR) is 38.4 cm³/mol. The molecule has 0 aromatic carbocycles. The van der Waals surface area contributed by atoms with Crippen LogP contribution in [0.2, 0.25) is 0 Å². The summed E-state index contributed by atoms with van der Waals surface area (Å²) in [6, 6.07) is 0. The van der Waals surface area contributed by atoms with Gasteiger partial charge in [0.15, 0.2) is 6.23 Å². The zero-order valence-corrected chi connectivity index (χ0v) is 7.84. The van der Waals surface area contributed by atoms with E-state index in [4.69, 9.17) is 4.74 Å². The zero-order chi connectivity index (χ0) is 7.61. The summed E-state index contributed by atoms with van der Waals surface area (Å²) < 4.78 is 5.92. The van der Waals surface area contributed by atoms with Crippen LogP contribution < -0.4 is 12.4 Å². The largest absolute Gasteiger partial charge is 1.00 e. The summed E-state index contributed by atoms with van der Waals surface area (Å²) in [5.74, 6) is 0. The first-order valence-corrected chi connectivity index (χ1v) is 3.75. The summed E-state index contributed by atoms with van der Waals surface area (Å²) in [6.07, 6.45) is -0.260. The zero-order valence-electron chi connectivity index (χ0n) is 7.09. The van der Waals surface area contributed by atoms with Crippen molar-refractivity contribution < 1.29 is 26.7 Å². The number of nitrogens with zero attached hydrogens (tertiary/aromatic N) is 1. The molecule has 0 bridgehead atoms. The molecule has 1 fully saturated rings. The maximum Gasteiger partial charge on any atom is 0.187 e. The van der Waals surface area contributed by atoms with Gasteiger partial charge in [0, 0.05) is 6.92 Å². The van der Waals surface area contributed by atoms with Gasteiger partial charge in [-0.05, 0) is 0 Å². The van der Waals surface area contributed by atoms with E-state index >= 15 is 0 Å². The van der Waals surface area contributed by atoms with Crippen molar-refractivity contribution in [3.63, 3.8) is 0 Å². The molecule has 1 saturated heterocycles. The van der Waals surface area contributed by atoms with Crippen molar-refractivity contribution in [2.45, 2.75) is 13.2 Å². The fourth-order valence-electron chi connectivity index (χ4n) is 1.13. The maximum atomic E-state index is 9.35. The molecule has 4 heteroatoms. The van der Waals surface area contributed by atoms with E-state index < -0.39 is 0 Å². The van der Waals surface area contributed by atoms with E-state index in [2.05, 4.69) is 7.05 Å². The molecular formula is C7H16ClNO2. The van der Waals surface area contributed by atoms with Gasteiger partial charge in [0.05, 0.1) is 20.3 Å². The van der Waals surface area contributed by atoms with Crippen LogP contribution in [-0.2, 0) is 4.74 Å². The van der Waals surface area contributed by atoms with Crippen LogP contribution in [-0.4, -0.2) is 49.2 Å². The van der Waals surface area contributed by atoms with Crippen molar-refractivity contribution in [1.29, 1.82) is 0 Å². The van der Waals surface area contributed by atoms with Crippen LogP contribution in [0.5, 0.6) is 0 Å². The van der Waals surface area contributed by atoms with E-state index in [0.29, 0.717) is 0 Å². The Morgan fingerprint density at radius 2 is 1.82 bits per heavy atom. The highest BCUT2D eigenvalue weighted by Crippen LogP contribution is 2.10. The van der Waals surface area contributed by atoms with Gasteiger partial charge in [-0.25, -0.2) is 0 Å². The number of hydrogen-bond acceptors (Lipinski definition) is 2. The van der Waals surface area contributed by atoms with Gasteiger partial charge in [-0.15, -0.1) is 0 Å². The lowest BCUT2D eigenvalue weighted by atomic mass is 10.3. The maximum absolute atomic E-state index is 9.35. The Labute approximate surface area is 74.0 Å². The van der Waals surface area contributed by atoms with Gasteiger partial charge in [0.1, 0.15) is 13.1 Å². The normalized spacial score (nSPS) is 25.4. The van der Waals surface area contributed by atoms with E-state index in [1.165, 1.54) is 0 Å². The Bertz CT molecular complexity index is 113. The minimum absolute atomic E-state index is 0. The van der Waals surface area contributed by atoms with Crippen molar-refractivity contribution >= 4 is 0 Å². The van der Waals surface area contributed by atoms with Gasteiger partial charge in [0.25, 0.3) is 0 Å². The van der Waals surface area contributed by atoms with Crippen LogP contribution in [0.1, 0.15) is 6.92 Å². The second-order valence-corrected chi connectivity index (χ2v) is 3.17. The van der Waals surface area contributed by atoms with Crippen LogP contribution >= 0.6 is 0 Å². The molecule has 0 radical (unpaired) electrons. The minimum atomic E-state index is -0.260. The molecule has 68 valence electrons. The molecule has 0 spiro atoms. The van der Waals surface area contributed by atoms with Crippen LogP contribution in [0, 0.1) is 0 Å². The first-order valence-electron chi connectivity index (χ1n) is 3.75. The molecule has 1 aliphatic heterocycles. The summed E-state index contributed by atoms with van der Waals surface area (Å²) in [7, 11) is 2.06. The molecule has 0 aliphatic carbocycles. The quantitative estimate of drug-likeness (QED) is 0.432. The van der Waals surface area contributed by atoms with E-state index in [0.717, 1.165) is 30.8 Å². The van der Waals surface area contributed by atoms with Crippen LogP contribution in [0.15, 0.2) is 0 Å². The molecule has 0 aromatic rings. The summed E-state index contributed by atoms with van der Waals surface area (Å²) in [6.45, 7) is 5.25. The Hall–Kier alpha value is 0.170. The number of aliphatic hydroxyl groups excluding tert-OH is 1.